The number of aliphatic imine (C=N–C) groups is 1. The van der Waals surface area contributed by atoms with Gasteiger partial charge in [0.1, 0.15) is 22.7 Å². The van der Waals surface area contributed by atoms with Crippen molar-refractivity contribution in [1.29, 1.82) is 0 Å². The molecule has 1 atom stereocenters. The number of aliphatic hydroxyl groups is 1. The van der Waals surface area contributed by atoms with E-state index in [9.17, 15) is 5.11 Å². The lowest BCUT2D eigenvalue weighted by molar-refractivity contribution is 0.0437. The van der Waals surface area contributed by atoms with Crippen LogP contribution in [-0.4, -0.2) is 30.7 Å². The molecule has 0 aliphatic heterocycles. The van der Waals surface area contributed by atoms with Crippen molar-refractivity contribution in [3.8, 4) is 0 Å². The van der Waals surface area contributed by atoms with Crippen LogP contribution in [0.15, 0.2) is 62.6 Å². The first-order valence-corrected chi connectivity index (χ1v) is 8.84. The predicted octanol–water partition coefficient (Wildman–Crippen LogP) is 3.65. The zero-order valence-corrected chi connectivity index (χ0v) is 17.9. The summed E-state index contributed by atoms with van der Waals surface area (Å²) in [5, 5.41) is 18.1. The zero-order valence-electron chi connectivity index (χ0n) is 15.6. The molecule has 0 aliphatic carbocycles. The largest absolute Gasteiger partial charge is 0.466 e. The number of hydrogen-bond acceptors (Lipinski definition) is 4. The fourth-order valence-corrected chi connectivity index (χ4v) is 2.70. The number of nitrogens with zero attached hydrogens (tertiary/aromatic N) is 1. The van der Waals surface area contributed by atoms with E-state index in [1.807, 2.05) is 31.2 Å². The van der Waals surface area contributed by atoms with Gasteiger partial charge in [-0.1, -0.05) is 18.2 Å². The molecule has 1 aromatic carbocycles. The average molecular weight is 483 g/mol. The van der Waals surface area contributed by atoms with Crippen LogP contribution in [-0.2, 0) is 12.0 Å². The highest BCUT2D eigenvalue weighted by Gasteiger charge is 2.26. The van der Waals surface area contributed by atoms with Crippen molar-refractivity contribution in [3.05, 3.63) is 60.2 Å². The van der Waals surface area contributed by atoms with E-state index < -0.39 is 5.60 Å². The van der Waals surface area contributed by atoms with Gasteiger partial charge in [-0.15, -0.1) is 24.0 Å². The van der Waals surface area contributed by atoms with Crippen LogP contribution in [0.5, 0.6) is 0 Å². The standard InChI is InChI=1S/C20H25N3O3.HI/c1-3-21-19(23-14-20(2,24)18-9-6-12-25-18)22-11-10-16-13-15-7-4-5-8-17(15)26-16;/h4-9,12-13,24H,3,10-11,14H2,1-2H3,(H2,21,22,23);1H. The van der Waals surface area contributed by atoms with Crippen LogP contribution in [0.25, 0.3) is 11.0 Å². The second-order valence-electron chi connectivity index (χ2n) is 6.37. The molecule has 3 rings (SSSR count). The quantitative estimate of drug-likeness (QED) is 0.272. The minimum Gasteiger partial charge on any atom is -0.466 e. The van der Waals surface area contributed by atoms with Gasteiger partial charge >= 0.3 is 0 Å². The highest BCUT2D eigenvalue weighted by molar-refractivity contribution is 14.0. The van der Waals surface area contributed by atoms with E-state index in [0.717, 1.165) is 29.7 Å². The van der Waals surface area contributed by atoms with E-state index in [4.69, 9.17) is 8.83 Å². The number of para-hydroxylation sites is 1. The fourth-order valence-electron chi connectivity index (χ4n) is 2.70. The van der Waals surface area contributed by atoms with Crippen molar-refractivity contribution < 1.29 is 13.9 Å². The smallest absolute Gasteiger partial charge is 0.191 e. The second kappa shape index (κ2) is 9.80. The summed E-state index contributed by atoms with van der Waals surface area (Å²) in [6, 6.07) is 13.5. The summed E-state index contributed by atoms with van der Waals surface area (Å²) >= 11 is 0. The van der Waals surface area contributed by atoms with E-state index in [2.05, 4.69) is 21.7 Å². The molecule has 0 fully saturated rings. The number of hydrogen-bond donors (Lipinski definition) is 3. The molecule has 0 bridgehead atoms. The van der Waals surface area contributed by atoms with Gasteiger partial charge < -0.3 is 24.6 Å². The first-order chi connectivity index (χ1) is 12.6. The van der Waals surface area contributed by atoms with Crippen molar-refractivity contribution in [2.45, 2.75) is 25.9 Å². The summed E-state index contributed by atoms with van der Waals surface area (Å²) in [6.45, 7) is 5.29. The topological polar surface area (TPSA) is 82.9 Å². The number of rotatable bonds is 7. The van der Waals surface area contributed by atoms with Crippen molar-refractivity contribution in [2.24, 2.45) is 4.99 Å². The summed E-state index contributed by atoms with van der Waals surface area (Å²) < 4.78 is 11.1. The van der Waals surface area contributed by atoms with Crippen LogP contribution in [0, 0.1) is 0 Å². The first-order valence-electron chi connectivity index (χ1n) is 8.84. The lowest BCUT2D eigenvalue weighted by Gasteiger charge is -2.19. The Kier molecular flexibility index (Phi) is 7.73. The summed E-state index contributed by atoms with van der Waals surface area (Å²) in [4.78, 5) is 4.47. The summed E-state index contributed by atoms with van der Waals surface area (Å²) in [6.07, 6.45) is 2.29. The Labute approximate surface area is 176 Å². The van der Waals surface area contributed by atoms with E-state index in [1.165, 1.54) is 0 Å². The molecule has 27 heavy (non-hydrogen) atoms. The van der Waals surface area contributed by atoms with Gasteiger partial charge in [0.15, 0.2) is 5.96 Å². The van der Waals surface area contributed by atoms with Crippen molar-refractivity contribution in [3.63, 3.8) is 0 Å². The van der Waals surface area contributed by atoms with E-state index in [0.29, 0.717) is 18.3 Å². The molecular weight excluding hydrogens is 457 g/mol. The van der Waals surface area contributed by atoms with Crippen LogP contribution >= 0.6 is 24.0 Å². The third-order valence-electron chi connectivity index (χ3n) is 4.08. The highest BCUT2D eigenvalue weighted by atomic mass is 127. The molecule has 3 N–H and O–H groups in total. The van der Waals surface area contributed by atoms with Gasteiger partial charge in [-0.3, -0.25) is 0 Å². The Balaban J connectivity index is 0.00000261. The molecule has 0 aliphatic rings. The summed E-state index contributed by atoms with van der Waals surface area (Å²) in [5.74, 6) is 2.08. The molecule has 0 amide bonds. The average Bonchev–Trinajstić information content (AvgIpc) is 3.29. The third kappa shape index (κ3) is 5.74. The lowest BCUT2D eigenvalue weighted by atomic mass is 10.0. The Morgan fingerprint density at radius 3 is 2.70 bits per heavy atom. The Hall–Kier alpha value is -2.00. The number of benzene rings is 1. The van der Waals surface area contributed by atoms with Crippen LogP contribution in [0.3, 0.4) is 0 Å². The molecule has 7 heteroatoms. The maximum atomic E-state index is 10.5. The van der Waals surface area contributed by atoms with Crippen LogP contribution in [0.1, 0.15) is 25.4 Å². The van der Waals surface area contributed by atoms with Gasteiger partial charge in [0, 0.05) is 24.9 Å². The Bertz CT molecular complexity index is 823. The van der Waals surface area contributed by atoms with Gasteiger partial charge in [0.25, 0.3) is 0 Å². The predicted molar refractivity (Wildman–Crippen MR) is 118 cm³/mol. The fraction of sp³-hybridized carbons (Fsp3) is 0.350. The second-order valence-corrected chi connectivity index (χ2v) is 6.37. The molecule has 6 nitrogen and oxygen atoms in total. The zero-order chi connectivity index (χ0) is 18.4. The molecular formula is C20H26IN3O3. The van der Waals surface area contributed by atoms with Gasteiger partial charge in [-0.25, -0.2) is 4.99 Å². The maximum Gasteiger partial charge on any atom is 0.191 e. The maximum absolute atomic E-state index is 10.5. The molecule has 2 aromatic heterocycles. The number of fused-ring (bicyclic) bond motifs is 1. The van der Waals surface area contributed by atoms with E-state index in [-0.39, 0.29) is 30.5 Å². The number of furan rings is 2. The van der Waals surface area contributed by atoms with Crippen LogP contribution in [0.4, 0.5) is 0 Å². The molecule has 3 aromatic rings. The molecule has 1 unspecified atom stereocenters. The molecule has 146 valence electrons. The molecule has 0 radical (unpaired) electrons. The number of guanidine groups is 1. The molecule has 0 saturated carbocycles. The molecule has 2 heterocycles. The number of halogens is 1. The van der Waals surface area contributed by atoms with Gasteiger partial charge in [-0.2, -0.15) is 0 Å². The summed E-state index contributed by atoms with van der Waals surface area (Å²) in [5.41, 5.74) is -0.248. The Morgan fingerprint density at radius 1 is 1.19 bits per heavy atom. The monoisotopic (exact) mass is 483 g/mol. The van der Waals surface area contributed by atoms with Crippen LogP contribution in [0.2, 0.25) is 0 Å². The minimum absolute atomic E-state index is 0. The van der Waals surface area contributed by atoms with Crippen molar-refractivity contribution in [1.82, 2.24) is 10.6 Å². The SMILES string of the molecule is CCNC(=NCC(C)(O)c1ccco1)NCCc1cc2ccccc2o1.I. The van der Waals surface area contributed by atoms with Crippen molar-refractivity contribution >= 4 is 40.9 Å². The van der Waals surface area contributed by atoms with Crippen molar-refractivity contribution in [2.75, 3.05) is 19.6 Å². The highest BCUT2D eigenvalue weighted by Crippen LogP contribution is 2.21. The lowest BCUT2D eigenvalue weighted by Crippen LogP contribution is -2.39. The third-order valence-corrected chi connectivity index (χ3v) is 4.08. The molecule has 0 spiro atoms. The van der Waals surface area contributed by atoms with E-state index >= 15 is 0 Å². The van der Waals surface area contributed by atoms with Gasteiger partial charge in [0.2, 0.25) is 0 Å². The normalized spacial score (nSPS) is 13.8. The molecule has 0 saturated heterocycles. The van der Waals surface area contributed by atoms with Crippen LogP contribution < -0.4 is 10.6 Å². The summed E-state index contributed by atoms with van der Waals surface area (Å²) in [7, 11) is 0. The van der Waals surface area contributed by atoms with E-state index in [1.54, 1.807) is 25.3 Å². The Morgan fingerprint density at radius 2 is 2.00 bits per heavy atom. The minimum atomic E-state index is -1.15. The first kappa shape index (κ1) is 21.3. The van der Waals surface area contributed by atoms with Gasteiger partial charge in [-0.05, 0) is 38.1 Å². The van der Waals surface area contributed by atoms with Gasteiger partial charge in [0.05, 0.1) is 12.8 Å². The number of nitrogens with one attached hydrogen (secondary N) is 2.